The molecule has 118 valence electrons. The Morgan fingerprint density at radius 2 is 2.00 bits per heavy atom. The number of nitrogens with one attached hydrogen (secondary N) is 1. The van der Waals surface area contributed by atoms with Crippen LogP contribution in [0.25, 0.3) is 10.9 Å². The molecule has 0 fully saturated rings. The van der Waals surface area contributed by atoms with E-state index in [-0.39, 0.29) is 0 Å². The Morgan fingerprint density at radius 1 is 1.22 bits per heavy atom. The van der Waals surface area contributed by atoms with Crippen molar-refractivity contribution in [3.63, 3.8) is 0 Å². The summed E-state index contributed by atoms with van der Waals surface area (Å²) in [4.78, 5) is 14.6. The number of H-pyrrole nitrogens is 1. The second-order valence-electron chi connectivity index (χ2n) is 5.67. The van der Waals surface area contributed by atoms with E-state index in [1.807, 2.05) is 30.3 Å². The van der Waals surface area contributed by atoms with Crippen LogP contribution in [0.3, 0.4) is 0 Å². The highest BCUT2D eigenvalue weighted by molar-refractivity contribution is 6.31. The van der Waals surface area contributed by atoms with E-state index in [1.165, 1.54) is 5.56 Å². The Morgan fingerprint density at radius 3 is 2.70 bits per heavy atom. The smallest absolute Gasteiger partial charge is 0.335 e. The van der Waals surface area contributed by atoms with Gasteiger partial charge in [0.05, 0.1) is 5.56 Å². The number of carboxylic acids is 1. The number of hydrogen-bond donors (Lipinski definition) is 2. The lowest BCUT2D eigenvalue weighted by Crippen LogP contribution is -1.95. The van der Waals surface area contributed by atoms with Crippen molar-refractivity contribution in [3.05, 3.63) is 69.9 Å². The summed E-state index contributed by atoms with van der Waals surface area (Å²) in [5.74, 6) is -0.911. The zero-order chi connectivity index (χ0) is 16.4. The quantitative estimate of drug-likeness (QED) is 0.688. The van der Waals surface area contributed by atoms with Crippen molar-refractivity contribution in [1.82, 2.24) is 4.98 Å². The number of carboxylic acid groups (broad SMARTS) is 1. The lowest BCUT2D eigenvalue weighted by molar-refractivity contribution is 0.0697. The van der Waals surface area contributed by atoms with Crippen LogP contribution in [0.4, 0.5) is 0 Å². The van der Waals surface area contributed by atoms with E-state index in [0.717, 1.165) is 46.4 Å². The van der Waals surface area contributed by atoms with Crippen LogP contribution in [0, 0.1) is 0 Å². The summed E-state index contributed by atoms with van der Waals surface area (Å²) in [6, 6.07) is 13.1. The topological polar surface area (TPSA) is 53.1 Å². The third-order valence-electron chi connectivity index (χ3n) is 4.07. The molecule has 3 nitrogen and oxygen atoms in total. The van der Waals surface area contributed by atoms with Crippen LogP contribution < -0.4 is 0 Å². The normalized spacial score (nSPS) is 11.0. The zero-order valence-corrected chi connectivity index (χ0v) is 13.7. The number of halogens is 1. The van der Waals surface area contributed by atoms with Gasteiger partial charge in [0.2, 0.25) is 0 Å². The van der Waals surface area contributed by atoms with Crippen molar-refractivity contribution in [2.45, 2.75) is 26.2 Å². The minimum atomic E-state index is -0.911. The first-order chi connectivity index (χ1) is 11.1. The second-order valence-corrected chi connectivity index (χ2v) is 6.07. The Hall–Kier alpha value is -2.26. The standard InChI is InChI=1S/C19H18ClNO2/c1-2-5-17-15(10-12-6-3-4-7-16(12)20)14-9-8-13(19(22)23)11-18(14)21-17/h3-4,6-9,11,21H,2,5,10H2,1H3,(H,22,23). The van der Waals surface area contributed by atoms with Gasteiger partial charge in [0.15, 0.2) is 0 Å². The molecule has 0 spiro atoms. The van der Waals surface area contributed by atoms with E-state index >= 15 is 0 Å². The molecule has 4 heteroatoms. The van der Waals surface area contributed by atoms with Gasteiger partial charge in [0.1, 0.15) is 0 Å². The summed E-state index contributed by atoms with van der Waals surface area (Å²) < 4.78 is 0. The molecule has 0 bridgehead atoms. The van der Waals surface area contributed by atoms with Crippen molar-refractivity contribution in [1.29, 1.82) is 0 Å². The van der Waals surface area contributed by atoms with Crippen molar-refractivity contribution in [3.8, 4) is 0 Å². The van der Waals surface area contributed by atoms with Gasteiger partial charge in [-0.25, -0.2) is 4.79 Å². The highest BCUT2D eigenvalue weighted by Gasteiger charge is 2.14. The van der Waals surface area contributed by atoms with Gasteiger partial charge in [-0.1, -0.05) is 49.2 Å². The van der Waals surface area contributed by atoms with Gasteiger partial charge in [0.25, 0.3) is 0 Å². The van der Waals surface area contributed by atoms with Gasteiger partial charge in [-0.15, -0.1) is 0 Å². The molecular weight excluding hydrogens is 310 g/mol. The third kappa shape index (κ3) is 3.10. The van der Waals surface area contributed by atoms with Crippen molar-refractivity contribution in [2.24, 2.45) is 0 Å². The molecule has 0 aliphatic carbocycles. The van der Waals surface area contributed by atoms with Gasteiger partial charge in [-0.3, -0.25) is 0 Å². The fourth-order valence-corrected chi connectivity index (χ4v) is 3.14. The average molecular weight is 328 g/mol. The molecule has 1 heterocycles. The molecule has 0 aliphatic rings. The summed E-state index contributed by atoms with van der Waals surface area (Å²) in [5, 5.41) is 11.0. The monoisotopic (exact) mass is 327 g/mol. The number of carbonyl (C=O) groups is 1. The van der Waals surface area contributed by atoms with Gasteiger partial charge in [0, 0.05) is 28.0 Å². The van der Waals surface area contributed by atoms with Crippen LogP contribution >= 0.6 is 11.6 Å². The molecule has 0 saturated carbocycles. The first-order valence-corrected chi connectivity index (χ1v) is 8.08. The van der Waals surface area contributed by atoms with Gasteiger partial charge in [-0.2, -0.15) is 0 Å². The average Bonchev–Trinajstić information content (AvgIpc) is 2.87. The van der Waals surface area contributed by atoms with E-state index in [0.29, 0.717) is 5.56 Å². The summed E-state index contributed by atoms with van der Waals surface area (Å²) in [5.41, 5.74) is 4.60. The number of fused-ring (bicyclic) bond motifs is 1. The van der Waals surface area contributed by atoms with E-state index in [9.17, 15) is 4.79 Å². The second kappa shape index (κ2) is 6.47. The van der Waals surface area contributed by atoms with E-state index in [4.69, 9.17) is 16.7 Å². The molecule has 1 aromatic heterocycles. The number of rotatable bonds is 5. The van der Waals surface area contributed by atoms with Crippen molar-refractivity contribution < 1.29 is 9.90 Å². The molecule has 2 aromatic carbocycles. The maximum Gasteiger partial charge on any atom is 0.335 e. The highest BCUT2D eigenvalue weighted by atomic mass is 35.5. The molecule has 0 amide bonds. The minimum absolute atomic E-state index is 0.297. The van der Waals surface area contributed by atoms with Crippen molar-refractivity contribution >= 4 is 28.5 Å². The van der Waals surface area contributed by atoms with Crippen LogP contribution in [-0.2, 0) is 12.8 Å². The Labute approximate surface area is 139 Å². The number of aryl methyl sites for hydroxylation is 1. The summed E-state index contributed by atoms with van der Waals surface area (Å²) in [6.07, 6.45) is 2.69. The van der Waals surface area contributed by atoms with Crippen molar-refractivity contribution in [2.75, 3.05) is 0 Å². The van der Waals surface area contributed by atoms with Gasteiger partial charge < -0.3 is 10.1 Å². The number of aromatic carboxylic acids is 1. The van der Waals surface area contributed by atoms with Gasteiger partial charge >= 0.3 is 5.97 Å². The van der Waals surface area contributed by atoms with Crippen LogP contribution in [0.1, 0.15) is 40.5 Å². The maximum absolute atomic E-state index is 11.2. The molecule has 23 heavy (non-hydrogen) atoms. The Bertz CT molecular complexity index is 867. The van der Waals surface area contributed by atoms with E-state index in [2.05, 4.69) is 11.9 Å². The predicted molar refractivity (Wildman–Crippen MR) is 93.5 cm³/mol. The molecule has 0 saturated heterocycles. The lowest BCUT2D eigenvalue weighted by atomic mass is 9.99. The molecule has 0 radical (unpaired) electrons. The molecule has 3 aromatic rings. The number of aromatic amines is 1. The van der Waals surface area contributed by atoms with E-state index < -0.39 is 5.97 Å². The Balaban J connectivity index is 2.11. The number of aromatic nitrogens is 1. The summed E-state index contributed by atoms with van der Waals surface area (Å²) >= 11 is 6.30. The third-order valence-corrected chi connectivity index (χ3v) is 4.44. The summed E-state index contributed by atoms with van der Waals surface area (Å²) in [6.45, 7) is 2.13. The fraction of sp³-hybridized carbons (Fsp3) is 0.211. The largest absolute Gasteiger partial charge is 0.478 e. The Kier molecular flexibility index (Phi) is 4.39. The number of hydrogen-bond acceptors (Lipinski definition) is 1. The van der Waals surface area contributed by atoms with Crippen LogP contribution in [0.5, 0.6) is 0 Å². The zero-order valence-electron chi connectivity index (χ0n) is 12.9. The molecule has 0 unspecified atom stereocenters. The lowest BCUT2D eigenvalue weighted by Gasteiger charge is -2.06. The molecule has 2 N–H and O–H groups in total. The molecular formula is C19H18ClNO2. The minimum Gasteiger partial charge on any atom is -0.478 e. The van der Waals surface area contributed by atoms with Crippen LogP contribution in [-0.4, -0.2) is 16.1 Å². The van der Waals surface area contributed by atoms with Crippen LogP contribution in [0.15, 0.2) is 42.5 Å². The number of benzene rings is 2. The fourth-order valence-electron chi connectivity index (χ4n) is 2.94. The first-order valence-electron chi connectivity index (χ1n) is 7.70. The highest BCUT2D eigenvalue weighted by Crippen LogP contribution is 2.29. The van der Waals surface area contributed by atoms with Gasteiger partial charge in [-0.05, 0) is 35.7 Å². The van der Waals surface area contributed by atoms with Crippen LogP contribution in [0.2, 0.25) is 5.02 Å². The maximum atomic E-state index is 11.2. The van der Waals surface area contributed by atoms with E-state index in [1.54, 1.807) is 12.1 Å². The first kappa shape index (κ1) is 15.6. The molecule has 3 rings (SSSR count). The SMILES string of the molecule is CCCc1[nH]c2cc(C(=O)O)ccc2c1Cc1ccccc1Cl. The molecule has 0 atom stereocenters. The summed E-state index contributed by atoms with van der Waals surface area (Å²) in [7, 11) is 0. The molecule has 0 aliphatic heterocycles. The predicted octanol–water partition coefficient (Wildman–Crippen LogP) is 5.06.